The molecule has 2 nitrogen and oxygen atoms in total. The van der Waals surface area contributed by atoms with Crippen molar-refractivity contribution >= 4 is 33.5 Å². The lowest BCUT2D eigenvalue weighted by molar-refractivity contribution is 0.0988. The van der Waals surface area contributed by atoms with Gasteiger partial charge < -0.3 is 0 Å². The molecular formula is C14H12BrNOS. The number of carbonyl (C=O) groups is 1. The van der Waals surface area contributed by atoms with Crippen LogP contribution < -0.4 is 0 Å². The largest absolute Gasteiger partial charge is 0.294 e. The van der Waals surface area contributed by atoms with Crippen LogP contribution in [0.1, 0.15) is 23.7 Å². The molecule has 0 amide bonds. The summed E-state index contributed by atoms with van der Waals surface area (Å²) in [7, 11) is 0. The molecular weight excluding hydrogens is 310 g/mol. The van der Waals surface area contributed by atoms with E-state index in [1.807, 2.05) is 43.3 Å². The minimum atomic E-state index is 0.174. The van der Waals surface area contributed by atoms with Gasteiger partial charge in [-0.05, 0) is 40.2 Å². The Hall–Kier alpha value is -1.13. The summed E-state index contributed by atoms with van der Waals surface area (Å²) in [6.07, 6.45) is 2.32. The van der Waals surface area contributed by atoms with Crippen LogP contribution in [0.2, 0.25) is 0 Å². The summed E-state index contributed by atoms with van der Waals surface area (Å²) in [5, 5.41) is 0.938. The van der Waals surface area contributed by atoms with Crippen LogP contribution in [0.4, 0.5) is 0 Å². The van der Waals surface area contributed by atoms with Gasteiger partial charge in [-0.1, -0.05) is 30.8 Å². The molecule has 0 fully saturated rings. The van der Waals surface area contributed by atoms with Crippen molar-refractivity contribution in [3.8, 4) is 0 Å². The molecule has 0 bridgehead atoms. The summed E-state index contributed by atoms with van der Waals surface area (Å²) in [5.74, 6) is 0.174. The van der Waals surface area contributed by atoms with E-state index < -0.39 is 0 Å². The second kappa shape index (κ2) is 6.16. The number of hydrogen-bond donors (Lipinski definition) is 0. The first-order valence-corrected chi connectivity index (χ1v) is 7.22. The minimum Gasteiger partial charge on any atom is -0.294 e. The molecule has 92 valence electrons. The topological polar surface area (TPSA) is 30.0 Å². The Balaban J connectivity index is 2.10. The maximum atomic E-state index is 11.5. The second-order valence-electron chi connectivity index (χ2n) is 3.72. The van der Waals surface area contributed by atoms with Gasteiger partial charge in [-0.2, -0.15) is 0 Å². The minimum absolute atomic E-state index is 0.174. The van der Waals surface area contributed by atoms with Gasteiger partial charge in [-0.15, -0.1) is 0 Å². The summed E-state index contributed by atoms with van der Waals surface area (Å²) >= 11 is 4.94. The molecule has 2 aromatic rings. The first-order valence-electron chi connectivity index (χ1n) is 5.61. The van der Waals surface area contributed by atoms with E-state index in [1.165, 1.54) is 0 Å². The summed E-state index contributed by atoms with van der Waals surface area (Å²) in [5.41, 5.74) is 0.769. The lowest BCUT2D eigenvalue weighted by Crippen LogP contribution is -1.95. The third-order valence-corrected chi connectivity index (χ3v) is 3.85. The fraction of sp³-hybridized carbons (Fsp3) is 0.143. The molecule has 0 saturated heterocycles. The van der Waals surface area contributed by atoms with Crippen LogP contribution in [0.3, 0.4) is 0 Å². The van der Waals surface area contributed by atoms with E-state index in [-0.39, 0.29) is 5.78 Å². The van der Waals surface area contributed by atoms with Gasteiger partial charge in [0.2, 0.25) is 0 Å². The zero-order valence-corrected chi connectivity index (χ0v) is 12.3. The zero-order valence-electron chi connectivity index (χ0n) is 9.89. The van der Waals surface area contributed by atoms with E-state index in [1.54, 1.807) is 18.0 Å². The molecule has 1 heterocycles. The standard InChI is InChI=1S/C14H12BrNOS/c1-2-13(17)10-3-6-12(7-4-10)18-14-8-5-11(15)9-16-14/h3-9H,2H2,1H3. The molecule has 1 aromatic carbocycles. The smallest absolute Gasteiger partial charge is 0.162 e. The lowest BCUT2D eigenvalue weighted by Gasteiger charge is -2.02. The third-order valence-electron chi connectivity index (χ3n) is 2.42. The monoisotopic (exact) mass is 321 g/mol. The van der Waals surface area contributed by atoms with E-state index in [2.05, 4.69) is 20.9 Å². The average molecular weight is 322 g/mol. The van der Waals surface area contributed by atoms with Crippen molar-refractivity contribution in [2.45, 2.75) is 23.3 Å². The highest BCUT2D eigenvalue weighted by atomic mass is 79.9. The molecule has 0 aliphatic rings. The van der Waals surface area contributed by atoms with Gasteiger partial charge in [-0.3, -0.25) is 4.79 Å². The van der Waals surface area contributed by atoms with Gasteiger partial charge >= 0.3 is 0 Å². The molecule has 0 unspecified atom stereocenters. The number of aromatic nitrogens is 1. The highest BCUT2D eigenvalue weighted by Gasteiger charge is 2.03. The highest BCUT2D eigenvalue weighted by molar-refractivity contribution is 9.10. The number of Topliss-reactive ketones (excluding diaryl/α,β-unsaturated/α-hetero) is 1. The molecule has 0 aliphatic heterocycles. The molecule has 0 radical (unpaired) electrons. The number of carbonyl (C=O) groups excluding carboxylic acids is 1. The summed E-state index contributed by atoms with van der Waals surface area (Å²) < 4.78 is 0.968. The molecule has 1 aromatic heterocycles. The van der Waals surface area contributed by atoms with Crippen LogP contribution in [0.25, 0.3) is 0 Å². The lowest BCUT2D eigenvalue weighted by atomic mass is 10.1. The zero-order chi connectivity index (χ0) is 13.0. The Labute approximate surface area is 119 Å². The van der Waals surface area contributed by atoms with Crippen molar-refractivity contribution in [1.29, 1.82) is 0 Å². The Morgan fingerprint density at radius 3 is 2.50 bits per heavy atom. The molecule has 0 N–H and O–H groups in total. The molecule has 18 heavy (non-hydrogen) atoms. The Morgan fingerprint density at radius 2 is 1.94 bits per heavy atom. The number of halogens is 1. The van der Waals surface area contributed by atoms with Crippen molar-refractivity contribution in [3.05, 3.63) is 52.6 Å². The van der Waals surface area contributed by atoms with Crippen molar-refractivity contribution < 1.29 is 4.79 Å². The van der Waals surface area contributed by atoms with Crippen molar-refractivity contribution in [3.63, 3.8) is 0 Å². The van der Waals surface area contributed by atoms with Gasteiger partial charge in [0.1, 0.15) is 5.03 Å². The van der Waals surface area contributed by atoms with Crippen LogP contribution in [0.5, 0.6) is 0 Å². The van der Waals surface area contributed by atoms with E-state index in [0.29, 0.717) is 6.42 Å². The molecule has 4 heteroatoms. The maximum absolute atomic E-state index is 11.5. The van der Waals surface area contributed by atoms with Gasteiger partial charge in [0, 0.05) is 27.5 Å². The summed E-state index contributed by atoms with van der Waals surface area (Å²) in [6.45, 7) is 1.87. The van der Waals surface area contributed by atoms with E-state index in [0.717, 1.165) is 20.0 Å². The average Bonchev–Trinajstić information content (AvgIpc) is 2.41. The summed E-state index contributed by atoms with van der Waals surface area (Å²) in [4.78, 5) is 16.9. The number of nitrogens with zero attached hydrogens (tertiary/aromatic N) is 1. The van der Waals surface area contributed by atoms with Crippen LogP contribution in [-0.2, 0) is 0 Å². The SMILES string of the molecule is CCC(=O)c1ccc(Sc2ccc(Br)cn2)cc1. The quantitative estimate of drug-likeness (QED) is 0.771. The number of benzene rings is 1. The molecule has 0 atom stereocenters. The van der Waals surface area contributed by atoms with Crippen LogP contribution in [-0.4, -0.2) is 10.8 Å². The fourth-order valence-electron chi connectivity index (χ4n) is 1.46. The van der Waals surface area contributed by atoms with Gasteiger partial charge in [0.05, 0.1) is 0 Å². The second-order valence-corrected chi connectivity index (χ2v) is 5.73. The maximum Gasteiger partial charge on any atom is 0.162 e. The number of hydrogen-bond acceptors (Lipinski definition) is 3. The van der Waals surface area contributed by atoms with Gasteiger partial charge in [0.25, 0.3) is 0 Å². The molecule has 0 spiro atoms. The highest BCUT2D eigenvalue weighted by Crippen LogP contribution is 2.26. The Morgan fingerprint density at radius 1 is 1.22 bits per heavy atom. The van der Waals surface area contributed by atoms with Crippen LogP contribution in [0.15, 0.2) is 57.0 Å². The van der Waals surface area contributed by atoms with Gasteiger partial charge in [0.15, 0.2) is 5.78 Å². The normalized spacial score (nSPS) is 10.3. The van der Waals surface area contributed by atoms with E-state index in [4.69, 9.17) is 0 Å². The Bertz CT molecular complexity index is 537. The van der Waals surface area contributed by atoms with Crippen LogP contribution >= 0.6 is 27.7 Å². The summed E-state index contributed by atoms with van der Waals surface area (Å²) in [6, 6.07) is 11.6. The molecule has 0 saturated carbocycles. The van der Waals surface area contributed by atoms with Gasteiger partial charge in [-0.25, -0.2) is 4.98 Å². The first kappa shape index (κ1) is 13.3. The predicted octanol–water partition coefficient (Wildman–Crippen LogP) is 4.59. The fourth-order valence-corrected chi connectivity index (χ4v) is 2.45. The van der Waals surface area contributed by atoms with Crippen molar-refractivity contribution in [2.24, 2.45) is 0 Å². The first-order chi connectivity index (χ1) is 8.69. The third kappa shape index (κ3) is 3.43. The van der Waals surface area contributed by atoms with Crippen molar-refractivity contribution in [2.75, 3.05) is 0 Å². The number of ketones is 1. The van der Waals surface area contributed by atoms with E-state index >= 15 is 0 Å². The molecule has 2 rings (SSSR count). The van der Waals surface area contributed by atoms with E-state index in [9.17, 15) is 4.79 Å². The predicted molar refractivity (Wildman–Crippen MR) is 77.1 cm³/mol. The van der Waals surface area contributed by atoms with Crippen LogP contribution in [0, 0.1) is 0 Å². The van der Waals surface area contributed by atoms with Crippen molar-refractivity contribution in [1.82, 2.24) is 4.98 Å². The Kier molecular flexibility index (Phi) is 4.55. The molecule has 0 aliphatic carbocycles. The number of rotatable bonds is 4. The number of pyridine rings is 1.